The number of hydrogen-bond donors (Lipinski definition) is 1. The van der Waals surface area contributed by atoms with Crippen molar-refractivity contribution >= 4 is 5.91 Å². The van der Waals surface area contributed by atoms with Crippen molar-refractivity contribution in [2.24, 2.45) is 11.3 Å². The Morgan fingerprint density at radius 2 is 1.92 bits per heavy atom. The Labute approximate surface area is 152 Å². The van der Waals surface area contributed by atoms with Crippen molar-refractivity contribution in [3.05, 3.63) is 0 Å². The Balaban J connectivity index is 1.49. The normalized spacial score (nSPS) is 29.6. The van der Waals surface area contributed by atoms with Crippen LogP contribution in [0.2, 0.25) is 0 Å². The van der Waals surface area contributed by atoms with Gasteiger partial charge in [-0.3, -0.25) is 9.69 Å². The minimum atomic E-state index is 0.0513. The van der Waals surface area contributed by atoms with Crippen LogP contribution in [-0.2, 0) is 9.53 Å². The molecule has 3 fully saturated rings. The smallest absolute Gasteiger partial charge is 0.225 e. The van der Waals surface area contributed by atoms with Crippen LogP contribution in [0.5, 0.6) is 0 Å². The van der Waals surface area contributed by atoms with Gasteiger partial charge < -0.3 is 14.7 Å². The maximum Gasteiger partial charge on any atom is 0.225 e. The van der Waals surface area contributed by atoms with Crippen LogP contribution in [0.3, 0.4) is 0 Å². The summed E-state index contributed by atoms with van der Waals surface area (Å²) in [6.45, 7) is 5.07. The minimum absolute atomic E-state index is 0.0513. The third-order valence-electron chi connectivity index (χ3n) is 6.83. The van der Waals surface area contributed by atoms with Gasteiger partial charge in [0.25, 0.3) is 0 Å². The van der Waals surface area contributed by atoms with Crippen LogP contribution in [0.1, 0.15) is 57.8 Å². The van der Waals surface area contributed by atoms with Gasteiger partial charge in [0.15, 0.2) is 0 Å². The van der Waals surface area contributed by atoms with Crippen LogP contribution in [0.4, 0.5) is 0 Å². The van der Waals surface area contributed by atoms with Crippen LogP contribution in [-0.4, -0.2) is 73.4 Å². The number of likely N-dealkylation sites (tertiary alicyclic amines) is 2. The van der Waals surface area contributed by atoms with E-state index in [1.807, 2.05) is 0 Å². The molecule has 1 atom stereocenters. The third-order valence-corrected chi connectivity index (χ3v) is 6.83. The van der Waals surface area contributed by atoms with Crippen LogP contribution in [0.25, 0.3) is 0 Å². The highest BCUT2D eigenvalue weighted by atomic mass is 16.5. The summed E-state index contributed by atoms with van der Waals surface area (Å²) in [6, 6.07) is 0.582. The molecule has 0 aromatic carbocycles. The molecule has 0 radical (unpaired) electrons. The van der Waals surface area contributed by atoms with E-state index in [-0.39, 0.29) is 12.0 Å². The van der Waals surface area contributed by atoms with Gasteiger partial charge in [0.05, 0.1) is 0 Å². The highest BCUT2D eigenvalue weighted by molar-refractivity contribution is 5.79. The second kappa shape index (κ2) is 8.83. The number of aliphatic hydroxyl groups is 1. The predicted octanol–water partition coefficient (Wildman–Crippen LogP) is 2.28. The number of carbonyl (C=O) groups excluding carboxylic acids is 1. The van der Waals surface area contributed by atoms with E-state index in [1.54, 1.807) is 7.11 Å². The molecule has 1 saturated carbocycles. The monoisotopic (exact) mass is 352 g/mol. The number of hydrogen-bond acceptors (Lipinski definition) is 4. The quantitative estimate of drug-likeness (QED) is 0.714. The highest BCUT2D eigenvalue weighted by Crippen LogP contribution is 2.37. The molecule has 0 spiro atoms. The van der Waals surface area contributed by atoms with E-state index in [0.29, 0.717) is 17.9 Å². The number of ether oxygens (including phenoxy) is 1. The molecule has 1 aliphatic carbocycles. The molecule has 5 heteroatoms. The molecule has 0 aromatic rings. The van der Waals surface area contributed by atoms with E-state index in [9.17, 15) is 9.90 Å². The van der Waals surface area contributed by atoms with Crippen molar-refractivity contribution in [1.29, 1.82) is 0 Å². The molecular weight excluding hydrogens is 316 g/mol. The molecule has 1 amide bonds. The number of methoxy groups -OCH3 is 1. The lowest BCUT2D eigenvalue weighted by Crippen LogP contribution is -2.54. The number of nitrogens with zero attached hydrogens (tertiary/aromatic N) is 2. The number of aliphatic hydroxyl groups excluding tert-OH is 1. The topological polar surface area (TPSA) is 53.0 Å². The predicted molar refractivity (Wildman–Crippen MR) is 98.4 cm³/mol. The second-order valence-electron chi connectivity index (χ2n) is 8.51. The first-order valence-electron chi connectivity index (χ1n) is 10.3. The molecule has 2 aliphatic heterocycles. The average molecular weight is 353 g/mol. The third kappa shape index (κ3) is 4.55. The number of rotatable bonds is 7. The fourth-order valence-corrected chi connectivity index (χ4v) is 4.93. The van der Waals surface area contributed by atoms with Crippen LogP contribution < -0.4 is 0 Å². The van der Waals surface area contributed by atoms with Gasteiger partial charge in [-0.15, -0.1) is 0 Å². The van der Waals surface area contributed by atoms with E-state index in [4.69, 9.17) is 4.74 Å². The largest absolute Gasteiger partial charge is 0.396 e. The van der Waals surface area contributed by atoms with E-state index in [0.717, 1.165) is 77.7 Å². The van der Waals surface area contributed by atoms with Gasteiger partial charge in [-0.25, -0.2) is 0 Å². The molecule has 3 aliphatic rings. The van der Waals surface area contributed by atoms with Crippen molar-refractivity contribution in [2.75, 3.05) is 46.5 Å². The fraction of sp³-hybridized carbons (Fsp3) is 0.950. The highest BCUT2D eigenvalue weighted by Gasteiger charge is 2.38. The summed E-state index contributed by atoms with van der Waals surface area (Å²) in [5.41, 5.74) is 0.0513. The summed E-state index contributed by atoms with van der Waals surface area (Å²) in [5, 5.41) is 10.0. The molecule has 2 heterocycles. The van der Waals surface area contributed by atoms with Gasteiger partial charge in [0, 0.05) is 57.3 Å². The number of piperidine rings is 2. The molecule has 25 heavy (non-hydrogen) atoms. The van der Waals surface area contributed by atoms with Gasteiger partial charge in [0.1, 0.15) is 0 Å². The molecule has 1 N–H and O–H groups in total. The van der Waals surface area contributed by atoms with Crippen molar-refractivity contribution in [3.8, 4) is 0 Å². The Morgan fingerprint density at radius 1 is 1.16 bits per heavy atom. The lowest BCUT2D eigenvalue weighted by molar-refractivity contribution is -0.140. The van der Waals surface area contributed by atoms with E-state index in [2.05, 4.69) is 9.80 Å². The summed E-state index contributed by atoms with van der Waals surface area (Å²) >= 11 is 0. The molecule has 3 rings (SSSR count). The summed E-state index contributed by atoms with van der Waals surface area (Å²) in [5.74, 6) is 0.738. The fourth-order valence-electron chi connectivity index (χ4n) is 4.93. The Bertz CT molecular complexity index is 433. The SMILES string of the molecule is COCCC[C@]1(CO)CCCN(C2CCN(C(=O)C3CCC3)CC2)C1. The van der Waals surface area contributed by atoms with Crippen molar-refractivity contribution < 1.29 is 14.6 Å². The van der Waals surface area contributed by atoms with Crippen molar-refractivity contribution in [2.45, 2.75) is 63.8 Å². The van der Waals surface area contributed by atoms with Crippen molar-refractivity contribution in [3.63, 3.8) is 0 Å². The van der Waals surface area contributed by atoms with Crippen LogP contribution in [0.15, 0.2) is 0 Å². The van der Waals surface area contributed by atoms with Crippen molar-refractivity contribution in [1.82, 2.24) is 9.80 Å². The van der Waals surface area contributed by atoms with Crippen LogP contribution in [0, 0.1) is 11.3 Å². The average Bonchev–Trinajstić information content (AvgIpc) is 2.61. The standard InChI is InChI=1S/C20H36N2O3/c1-25-14-4-10-20(16-23)9-3-11-22(15-20)18-7-12-21(13-8-18)19(24)17-5-2-6-17/h17-18,23H,2-16H2,1H3/t20-/m1/s1. The minimum Gasteiger partial charge on any atom is -0.396 e. The van der Waals surface area contributed by atoms with Crippen LogP contribution >= 0.6 is 0 Å². The van der Waals surface area contributed by atoms with Gasteiger partial charge in [-0.1, -0.05) is 6.42 Å². The molecule has 0 unspecified atom stereocenters. The zero-order valence-electron chi connectivity index (χ0n) is 15.9. The molecule has 5 nitrogen and oxygen atoms in total. The Kier molecular flexibility index (Phi) is 6.75. The van der Waals surface area contributed by atoms with Gasteiger partial charge in [-0.2, -0.15) is 0 Å². The van der Waals surface area contributed by atoms with E-state index in [1.165, 1.54) is 12.8 Å². The molecule has 144 valence electrons. The molecule has 0 bridgehead atoms. The second-order valence-corrected chi connectivity index (χ2v) is 8.51. The van der Waals surface area contributed by atoms with Gasteiger partial charge >= 0.3 is 0 Å². The van der Waals surface area contributed by atoms with Gasteiger partial charge in [-0.05, 0) is 57.9 Å². The Morgan fingerprint density at radius 3 is 2.52 bits per heavy atom. The lowest BCUT2D eigenvalue weighted by Gasteiger charge is -2.47. The maximum absolute atomic E-state index is 12.4. The Hall–Kier alpha value is -0.650. The summed E-state index contributed by atoms with van der Waals surface area (Å²) < 4.78 is 5.20. The zero-order valence-corrected chi connectivity index (χ0v) is 15.9. The lowest BCUT2D eigenvalue weighted by atomic mass is 9.76. The summed E-state index contributed by atoms with van der Waals surface area (Å²) in [7, 11) is 1.75. The first kappa shape index (κ1) is 19.1. The summed E-state index contributed by atoms with van der Waals surface area (Å²) in [4.78, 5) is 17.1. The summed E-state index contributed by atoms with van der Waals surface area (Å²) in [6.07, 6.45) is 10.0. The first-order chi connectivity index (χ1) is 12.2. The molecule has 2 saturated heterocycles. The number of carbonyl (C=O) groups is 1. The number of amides is 1. The molecular formula is C20H36N2O3. The first-order valence-corrected chi connectivity index (χ1v) is 10.3. The molecule has 0 aromatic heterocycles. The maximum atomic E-state index is 12.4. The van der Waals surface area contributed by atoms with E-state index >= 15 is 0 Å². The van der Waals surface area contributed by atoms with E-state index < -0.39 is 0 Å². The van der Waals surface area contributed by atoms with Gasteiger partial charge in [0.2, 0.25) is 5.91 Å². The zero-order chi connectivity index (χ0) is 17.7.